The largest absolute Gasteiger partial charge is 0.493 e. The molecule has 0 fully saturated rings. The van der Waals surface area contributed by atoms with E-state index in [-0.39, 0.29) is 18.7 Å². The topological polar surface area (TPSA) is 117 Å². The van der Waals surface area contributed by atoms with Gasteiger partial charge in [-0.2, -0.15) is 0 Å². The van der Waals surface area contributed by atoms with Crippen LogP contribution in [0, 0.1) is 0 Å². The third-order valence-electron chi connectivity index (χ3n) is 5.81. The number of hydrogen-bond acceptors (Lipinski definition) is 8. The van der Waals surface area contributed by atoms with E-state index in [1.54, 1.807) is 18.2 Å². The number of nitrogens with one attached hydrogen (secondary N) is 1. The first kappa shape index (κ1) is 24.6. The van der Waals surface area contributed by atoms with Gasteiger partial charge in [-0.05, 0) is 23.3 Å². The second-order valence-corrected chi connectivity index (χ2v) is 7.97. The van der Waals surface area contributed by atoms with Crippen molar-refractivity contribution < 1.29 is 37.7 Å². The van der Waals surface area contributed by atoms with Gasteiger partial charge in [-0.1, -0.05) is 24.3 Å². The SMILES string of the molecule is COc1cc(NC(=O)COC(=O)C2Cc3ccccc3CN2C(=O)c2ccco2)cc(OC)c1OC. The van der Waals surface area contributed by atoms with Crippen LogP contribution in [0.15, 0.2) is 59.2 Å². The quantitative estimate of drug-likeness (QED) is 0.475. The molecule has 1 aromatic heterocycles. The Kier molecular flexibility index (Phi) is 7.43. The summed E-state index contributed by atoms with van der Waals surface area (Å²) in [6, 6.07) is 12.9. The van der Waals surface area contributed by atoms with Gasteiger partial charge in [0.25, 0.3) is 11.8 Å². The van der Waals surface area contributed by atoms with Crippen LogP contribution in [0.2, 0.25) is 0 Å². The third-order valence-corrected chi connectivity index (χ3v) is 5.81. The van der Waals surface area contributed by atoms with Crippen LogP contribution in [0.25, 0.3) is 0 Å². The van der Waals surface area contributed by atoms with Crippen molar-refractivity contribution in [2.24, 2.45) is 0 Å². The van der Waals surface area contributed by atoms with Gasteiger partial charge in [0.1, 0.15) is 6.04 Å². The summed E-state index contributed by atoms with van der Waals surface area (Å²) < 4.78 is 26.4. The Morgan fingerprint density at radius 1 is 0.972 bits per heavy atom. The van der Waals surface area contributed by atoms with Gasteiger partial charge >= 0.3 is 5.97 Å². The Hall–Kier alpha value is -4.47. The van der Waals surface area contributed by atoms with E-state index in [1.807, 2.05) is 24.3 Å². The summed E-state index contributed by atoms with van der Waals surface area (Å²) in [5.74, 6) is -0.481. The second kappa shape index (κ2) is 10.9. The number of esters is 1. The van der Waals surface area contributed by atoms with Crippen molar-refractivity contribution in [3.63, 3.8) is 0 Å². The van der Waals surface area contributed by atoms with Crippen LogP contribution in [0.5, 0.6) is 17.2 Å². The molecule has 0 saturated heterocycles. The number of fused-ring (bicyclic) bond motifs is 1. The molecule has 0 radical (unpaired) electrons. The molecule has 4 rings (SSSR count). The lowest BCUT2D eigenvalue weighted by atomic mass is 9.93. The molecule has 36 heavy (non-hydrogen) atoms. The maximum absolute atomic E-state index is 13.1. The van der Waals surface area contributed by atoms with Crippen LogP contribution in [-0.4, -0.2) is 56.7 Å². The van der Waals surface area contributed by atoms with Crippen LogP contribution in [0.3, 0.4) is 0 Å². The summed E-state index contributed by atoms with van der Waals surface area (Å²) in [7, 11) is 4.40. The maximum Gasteiger partial charge on any atom is 0.329 e. The molecule has 2 aromatic carbocycles. The van der Waals surface area contributed by atoms with Crippen molar-refractivity contribution in [1.29, 1.82) is 0 Å². The molecule has 0 bridgehead atoms. The normalized spacial score (nSPS) is 14.4. The van der Waals surface area contributed by atoms with Crippen molar-refractivity contribution >= 4 is 23.5 Å². The van der Waals surface area contributed by atoms with E-state index in [1.165, 1.54) is 38.6 Å². The van der Waals surface area contributed by atoms with Crippen LogP contribution in [0.4, 0.5) is 5.69 Å². The van der Waals surface area contributed by atoms with Gasteiger partial charge in [0.2, 0.25) is 5.75 Å². The molecule has 1 atom stereocenters. The minimum Gasteiger partial charge on any atom is -0.493 e. The lowest BCUT2D eigenvalue weighted by Gasteiger charge is -2.34. The summed E-state index contributed by atoms with van der Waals surface area (Å²) in [5, 5.41) is 2.65. The number of carbonyl (C=O) groups is 3. The summed E-state index contributed by atoms with van der Waals surface area (Å²) >= 11 is 0. The van der Waals surface area contributed by atoms with Gasteiger partial charge in [-0.15, -0.1) is 0 Å². The number of rotatable bonds is 8. The number of carbonyl (C=O) groups excluding carboxylic acids is 3. The zero-order valence-electron chi connectivity index (χ0n) is 20.1. The van der Waals surface area contributed by atoms with Crippen LogP contribution in [0.1, 0.15) is 21.7 Å². The molecule has 10 nitrogen and oxygen atoms in total. The third kappa shape index (κ3) is 5.12. The Bertz CT molecular complexity index is 1230. The molecular weight excluding hydrogens is 468 g/mol. The first-order valence-electron chi connectivity index (χ1n) is 11.1. The predicted octanol–water partition coefficient (Wildman–Crippen LogP) is 3.05. The van der Waals surface area contributed by atoms with Crippen LogP contribution in [-0.2, 0) is 27.3 Å². The Balaban J connectivity index is 1.46. The van der Waals surface area contributed by atoms with Crippen molar-refractivity contribution in [3.8, 4) is 17.2 Å². The van der Waals surface area contributed by atoms with Gasteiger partial charge in [0.15, 0.2) is 23.9 Å². The maximum atomic E-state index is 13.1. The van der Waals surface area contributed by atoms with Crippen LogP contribution < -0.4 is 19.5 Å². The van der Waals surface area contributed by atoms with Gasteiger partial charge in [-0.25, -0.2) is 4.79 Å². The zero-order chi connectivity index (χ0) is 25.7. The molecule has 0 saturated carbocycles. The number of nitrogens with zero attached hydrogens (tertiary/aromatic N) is 1. The number of benzene rings is 2. The zero-order valence-corrected chi connectivity index (χ0v) is 20.1. The standard InChI is InChI=1S/C26H26N2O8/c1-32-21-12-18(13-22(33-2)24(21)34-3)27-23(29)15-36-26(31)19-11-16-7-4-5-8-17(16)14-28(19)25(30)20-9-6-10-35-20/h4-10,12-13,19H,11,14-15H2,1-3H3,(H,27,29). The highest BCUT2D eigenvalue weighted by Gasteiger charge is 2.37. The number of anilines is 1. The lowest BCUT2D eigenvalue weighted by Crippen LogP contribution is -2.49. The number of hydrogen-bond donors (Lipinski definition) is 1. The molecule has 188 valence electrons. The molecule has 3 aromatic rings. The fourth-order valence-corrected chi connectivity index (χ4v) is 4.07. The Morgan fingerprint density at radius 3 is 2.28 bits per heavy atom. The highest BCUT2D eigenvalue weighted by atomic mass is 16.5. The van der Waals surface area contributed by atoms with Crippen molar-refractivity contribution in [3.05, 3.63) is 71.7 Å². The smallest absolute Gasteiger partial charge is 0.329 e. The first-order chi connectivity index (χ1) is 17.4. The van der Waals surface area contributed by atoms with E-state index in [0.717, 1.165) is 11.1 Å². The summed E-state index contributed by atoms with van der Waals surface area (Å²) in [5.41, 5.74) is 2.23. The average molecular weight is 495 g/mol. The molecular formula is C26H26N2O8. The van der Waals surface area contributed by atoms with Crippen molar-refractivity contribution in [2.75, 3.05) is 33.3 Å². The van der Waals surface area contributed by atoms with Gasteiger partial charge in [-0.3, -0.25) is 9.59 Å². The average Bonchev–Trinajstić information content (AvgIpc) is 3.45. The molecule has 1 unspecified atom stereocenters. The fourth-order valence-electron chi connectivity index (χ4n) is 4.07. The van der Waals surface area contributed by atoms with E-state index in [2.05, 4.69) is 5.32 Å². The number of furan rings is 1. The second-order valence-electron chi connectivity index (χ2n) is 7.97. The molecule has 10 heteroatoms. The number of ether oxygens (including phenoxy) is 4. The first-order valence-corrected chi connectivity index (χ1v) is 11.1. The van der Waals surface area contributed by atoms with Gasteiger partial charge in [0.05, 0.1) is 27.6 Å². The molecule has 2 amide bonds. The van der Waals surface area contributed by atoms with Gasteiger partial charge < -0.3 is 33.6 Å². The van der Waals surface area contributed by atoms with Crippen molar-refractivity contribution in [1.82, 2.24) is 4.90 Å². The number of amides is 2. The van der Waals surface area contributed by atoms with E-state index >= 15 is 0 Å². The molecule has 1 aliphatic heterocycles. The summed E-state index contributed by atoms with van der Waals surface area (Å²) in [6.45, 7) is -0.330. The van der Waals surface area contributed by atoms with E-state index in [9.17, 15) is 14.4 Å². The highest BCUT2D eigenvalue weighted by molar-refractivity contribution is 5.96. The van der Waals surface area contributed by atoms with Crippen molar-refractivity contribution in [2.45, 2.75) is 19.0 Å². The summed E-state index contributed by atoms with van der Waals surface area (Å²) in [4.78, 5) is 40.1. The van der Waals surface area contributed by atoms with Gasteiger partial charge in [0, 0.05) is 30.8 Å². The monoisotopic (exact) mass is 494 g/mol. The minimum absolute atomic E-state index is 0.118. The Labute approximate surface area is 207 Å². The molecule has 1 aliphatic rings. The van der Waals surface area contributed by atoms with E-state index in [0.29, 0.717) is 22.9 Å². The molecule has 0 spiro atoms. The van der Waals surface area contributed by atoms with E-state index in [4.69, 9.17) is 23.4 Å². The Morgan fingerprint density at radius 2 is 1.67 bits per heavy atom. The predicted molar refractivity (Wildman–Crippen MR) is 128 cm³/mol. The summed E-state index contributed by atoms with van der Waals surface area (Å²) in [6.07, 6.45) is 1.65. The fraction of sp³-hybridized carbons (Fsp3) is 0.269. The minimum atomic E-state index is -0.911. The lowest BCUT2D eigenvalue weighted by molar-refractivity contribution is -0.152. The highest BCUT2D eigenvalue weighted by Crippen LogP contribution is 2.39. The molecule has 0 aliphatic carbocycles. The molecule has 2 heterocycles. The van der Waals surface area contributed by atoms with Crippen LogP contribution >= 0.6 is 0 Å². The number of methoxy groups -OCH3 is 3. The van der Waals surface area contributed by atoms with E-state index < -0.39 is 30.4 Å². The molecule has 1 N–H and O–H groups in total.